The molecule has 9 nitrogen and oxygen atoms in total. The molecule has 1 aliphatic carbocycles. The lowest BCUT2D eigenvalue weighted by atomic mass is 10.0. The van der Waals surface area contributed by atoms with Gasteiger partial charge in [0.25, 0.3) is 5.56 Å². The quantitative estimate of drug-likeness (QED) is 0.560. The number of aromatic nitrogens is 4. The van der Waals surface area contributed by atoms with Crippen molar-refractivity contribution in [1.82, 2.24) is 19.1 Å². The maximum atomic E-state index is 12.7. The van der Waals surface area contributed by atoms with Crippen LogP contribution in [0.2, 0.25) is 0 Å². The fourth-order valence-corrected chi connectivity index (χ4v) is 4.12. The van der Waals surface area contributed by atoms with E-state index in [2.05, 4.69) is 21.4 Å². The Hall–Kier alpha value is -3.38. The molecular weight excluding hydrogens is 382 g/mol. The Morgan fingerprint density at radius 2 is 2.03 bits per heavy atom. The molecule has 9 heteroatoms. The summed E-state index contributed by atoms with van der Waals surface area (Å²) in [6.45, 7) is 0.270. The standard InChI is InChI=1S/C21H25N7O2/c1-27-18-17(19(29)26-21(27)30)28(12-14-8-6-5-7-13(14)11-22)20(25-18)24-16-10-4-2-3-9-15(16)23/h5-8,15-16H,2-4,9-10,12,23H2,1H3,(H,24,25)(H,26,29,30). The summed E-state index contributed by atoms with van der Waals surface area (Å²) in [6, 6.07) is 9.43. The number of nitriles is 1. The van der Waals surface area contributed by atoms with Crippen molar-refractivity contribution in [3.8, 4) is 6.07 Å². The summed E-state index contributed by atoms with van der Waals surface area (Å²) in [7, 11) is 1.57. The second kappa shape index (κ2) is 8.16. The van der Waals surface area contributed by atoms with E-state index in [4.69, 9.17) is 5.73 Å². The van der Waals surface area contributed by atoms with Gasteiger partial charge in [0, 0.05) is 19.1 Å². The fourth-order valence-electron chi connectivity index (χ4n) is 4.12. The zero-order valence-corrected chi connectivity index (χ0v) is 16.9. The van der Waals surface area contributed by atoms with E-state index in [1.807, 2.05) is 12.1 Å². The van der Waals surface area contributed by atoms with Crippen LogP contribution in [0.15, 0.2) is 33.9 Å². The molecule has 2 unspecified atom stereocenters. The lowest BCUT2D eigenvalue weighted by Gasteiger charge is -2.23. The van der Waals surface area contributed by atoms with E-state index in [1.54, 1.807) is 23.7 Å². The third kappa shape index (κ3) is 3.62. The minimum absolute atomic E-state index is 0.0189. The predicted molar refractivity (Wildman–Crippen MR) is 114 cm³/mol. The van der Waals surface area contributed by atoms with Crippen molar-refractivity contribution >= 4 is 17.1 Å². The van der Waals surface area contributed by atoms with E-state index in [-0.39, 0.29) is 24.1 Å². The number of rotatable bonds is 4. The van der Waals surface area contributed by atoms with Crippen LogP contribution in [0.5, 0.6) is 0 Å². The summed E-state index contributed by atoms with van der Waals surface area (Å²) in [5.74, 6) is 0.479. The molecule has 0 bridgehead atoms. The highest BCUT2D eigenvalue weighted by Gasteiger charge is 2.24. The van der Waals surface area contributed by atoms with Crippen molar-refractivity contribution in [2.75, 3.05) is 5.32 Å². The van der Waals surface area contributed by atoms with Gasteiger partial charge in [-0.15, -0.1) is 0 Å². The molecule has 0 radical (unpaired) electrons. The number of fused-ring (bicyclic) bond motifs is 1. The van der Waals surface area contributed by atoms with Crippen LogP contribution in [0.4, 0.5) is 5.95 Å². The van der Waals surface area contributed by atoms with Gasteiger partial charge in [-0.25, -0.2) is 4.79 Å². The molecule has 0 spiro atoms. The Morgan fingerprint density at radius 3 is 2.83 bits per heavy atom. The lowest BCUT2D eigenvalue weighted by molar-refractivity contribution is 0.523. The van der Waals surface area contributed by atoms with Crippen molar-refractivity contribution in [3.05, 3.63) is 56.2 Å². The Balaban J connectivity index is 1.86. The summed E-state index contributed by atoms with van der Waals surface area (Å²) < 4.78 is 3.06. The molecule has 0 aliphatic heterocycles. The number of benzene rings is 1. The highest BCUT2D eigenvalue weighted by atomic mass is 16.2. The Bertz CT molecular complexity index is 1230. The minimum Gasteiger partial charge on any atom is -0.351 e. The number of nitrogens with zero attached hydrogens (tertiary/aromatic N) is 4. The van der Waals surface area contributed by atoms with Gasteiger partial charge in [0.1, 0.15) is 0 Å². The van der Waals surface area contributed by atoms with Gasteiger partial charge in [0.15, 0.2) is 11.2 Å². The largest absolute Gasteiger partial charge is 0.351 e. The molecule has 2 heterocycles. The molecule has 2 atom stereocenters. The normalized spacial score (nSPS) is 19.4. The number of nitrogens with one attached hydrogen (secondary N) is 2. The van der Waals surface area contributed by atoms with E-state index in [1.165, 1.54) is 4.57 Å². The third-order valence-electron chi connectivity index (χ3n) is 5.86. The van der Waals surface area contributed by atoms with Crippen molar-refractivity contribution in [3.63, 3.8) is 0 Å². The molecule has 4 N–H and O–H groups in total. The number of nitrogens with two attached hydrogens (primary N) is 1. The molecule has 30 heavy (non-hydrogen) atoms. The van der Waals surface area contributed by atoms with Gasteiger partial charge >= 0.3 is 5.69 Å². The smallest absolute Gasteiger partial charge is 0.329 e. The van der Waals surface area contributed by atoms with E-state index in [0.29, 0.717) is 17.2 Å². The van der Waals surface area contributed by atoms with Crippen LogP contribution in [0, 0.1) is 11.3 Å². The first-order valence-electron chi connectivity index (χ1n) is 10.2. The average molecular weight is 407 g/mol. The second-order valence-corrected chi connectivity index (χ2v) is 7.83. The molecule has 1 aliphatic rings. The van der Waals surface area contributed by atoms with Crippen LogP contribution in [-0.4, -0.2) is 31.2 Å². The maximum Gasteiger partial charge on any atom is 0.329 e. The van der Waals surface area contributed by atoms with E-state index < -0.39 is 11.2 Å². The Labute approximate surface area is 173 Å². The van der Waals surface area contributed by atoms with Crippen LogP contribution in [-0.2, 0) is 13.6 Å². The van der Waals surface area contributed by atoms with Gasteiger partial charge in [0.2, 0.25) is 5.95 Å². The van der Waals surface area contributed by atoms with E-state index in [9.17, 15) is 14.9 Å². The Kier molecular flexibility index (Phi) is 5.42. The van der Waals surface area contributed by atoms with Crippen LogP contribution in [0.3, 0.4) is 0 Å². The van der Waals surface area contributed by atoms with Crippen LogP contribution < -0.4 is 22.3 Å². The van der Waals surface area contributed by atoms with Gasteiger partial charge in [-0.05, 0) is 24.5 Å². The van der Waals surface area contributed by atoms with Gasteiger partial charge in [-0.2, -0.15) is 10.2 Å². The molecule has 1 fully saturated rings. The van der Waals surface area contributed by atoms with E-state index >= 15 is 0 Å². The first kappa shape index (κ1) is 19.9. The number of hydrogen-bond acceptors (Lipinski definition) is 6. The van der Waals surface area contributed by atoms with Gasteiger partial charge < -0.3 is 11.1 Å². The number of aryl methyl sites for hydroxylation is 1. The summed E-state index contributed by atoms with van der Waals surface area (Å²) in [5.41, 5.74) is 7.23. The first-order chi connectivity index (χ1) is 14.5. The number of imidazole rings is 1. The maximum absolute atomic E-state index is 12.7. The molecule has 0 saturated heterocycles. The second-order valence-electron chi connectivity index (χ2n) is 7.83. The summed E-state index contributed by atoms with van der Waals surface area (Å²) in [5, 5.41) is 12.9. The van der Waals surface area contributed by atoms with Crippen molar-refractivity contribution in [2.24, 2.45) is 12.8 Å². The molecule has 1 aromatic carbocycles. The zero-order chi connectivity index (χ0) is 21.3. The average Bonchev–Trinajstić information content (AvgIpc) is 2.96. The van der Waals surface area contributed by atoms with Crippen LogP contribution in [0.25, 0.3) is 11.2 Å². The van der Waals surface area contributed by atoms with E-state index in [0.717, 1.165) is 37.7 Å². The third-order valence-corrected chi connectivity index (χ3v) is 5.86. The predicted octanol–water partition coefficient (Wildman–Crippen LogP) is 1.42. The summed E-state index contributed by atoms with van der Waals surface area (Å²) in [6.07, 6.45) is 5.15. The SMILES string of the molecule is Cn1c(=O)[nH]c(=O)c2c1nc(NC1CCCCCC1N)n2Cc1ccccc1C#N. The van der Waals surface area contributed by atoms with Crippen molar-refractivity contribution in [1.29, 1.82) is 5.26 Å². The van der Waals surface area contributed by atoms with Gasteiger partial charge in [-0.1, -0.05) is 37.5 Å². The highest BCUT2D eigenvalue weighted by Crippen LogP contribution is 2.24. The topological polar surface area (TPSA) is 135 Å². The van der Waals surface area contributed by atoms with Crippen LogP contribution in [0.1, 0.15) is 43.2 Å². The lowest BCUT2D eigenvalue weighted by Crippen LogP contribution is -2.40. The first-order valence-corrected chi connectivity index (χ1v) is 10.2. The minimum atomic E-state index is -0.521. The molecule has 156 valence electrons. The highest BCUT2D eigenvalue weighted by molar-refractivity contribution is 5.74. The molecular formula is C21H25N7O2. The molecule has 2 aromatic heterocycles. The Morgan fingerprint density at radius 1 is 1.27 bits per heavy atom. The number of H-pyrrole nitrogens is 1. The molecule has 0 amide bonds. The number of aromatic amines is 1. The van der Waals surface area contributed by atoms with Gasteiger partial charge in [-0.3, -0.25) is 18.9 Å². The van der Waals surface area contributed by atoms with Gasteiger partial charge in [0.05, 0.1) is 18.2 Å². The number of anilines is 1. The fraction of sp³-hybridized carbons (Fsp3) is 0.429. The van der Waals surface area contributed by atoms with Crippen molar-refractivity contribution in [2.45, 2.75) is 50.7 Å². The zero-order valence-electron chi connectivity index (χ0n) is 16.9. The van der Waals surface area contributed by atoms with Crippen LogP contribution >= 0.6 is 0 Å². The molecule has 1 saturated carbocycles. The van der Waals surface area contributed by atoms with Crippen molar-refractivity contribution < 1.29 is 0 Å². The summed E-state index contributed by atoms with van der Waals surface area (Å²) in [4.78, 5) is 31.7. The number of hydrogen-bond donors (Lipinski definition) is 3. The summed E-state index contributed by atoms with van der Waals surface area (Å²) >= 11 is 0. The molecule has 3 aromatic rings. The monoisotopic (exact) mass is 407 g/mol. The molecule has 4 rings (SSSR count).